The van der Waals surface area contributed by atoms with Crippen LogP contribution in [0.2, 0.25) is 0 Å². The Labute approximate surface area is 135 Å². The Morgan fingerprint density at radius 3 is 2.52 bits per heavy atom. The standard InChI is InChI=1S/C17H21N3O3/c1-3-18-17(22)19-16(21)15(13-8-5-4-6-9-13)20(2)12-14-10-7-11-23-14/h4-11,15H,3,12H2,1-2H3,(H2,18,19,21,22)/t15-/m0/s1. The van der Waals surface area contributed by atoms with Crippen molar-refractivity contribution in [3.8, 4) is 0 Å². The van der Waals surface area contributed by atoms with Gasteiger partial charge < -0.3 is 9.73 Å². The van der Waals surface area contributed by atoms with E-state index >= 15 is 0 Å². The van der Waals surface area contributed by atoms with Crippen LogP contribution in [0.3, 0.4) is 0 Å². The van der Waals surface area contributed by atoms with Gasteiger partial charge in [-0.2, -0.15) is 0 Å². The van der Waals surface area contributed by atoms with E-state index in [1.165, 1.54) is 0 Å². The third-order valence-electron chi connectivity index (χ3n) is 3.36. The van der Waals surface area contributed by atoms with Crippen LogP contribution >= 0.6 is 0 Å². The summed E-state index contributed by atoms with van der Waals surface area (Å²) in [5.74, 6) is 0.371. The van der Waals surface area contributed by atoms with Crippen molar-refractivity contribution < 1.29 is 14.0 Å². The van der Waals surface area contributed by atoms with Gasteiger partial charge in [0.25, 0.3) is 0 Å². The van der Waals surface area contributed by atoms with E-state index in [-0.39, 0.29) is 5.91 Å². The number of likely N-dealkylation sites (N-methyl/N-ethyl adjacent to an activating group) is 1. The molecule has 23 heavy (non-hydrogen) atoms. The van der Waals surface area contributed by atoms with E-state index in [1.807, 2.05) is 48.3 Å². The number of amides is 3. The zero-order valence-electron chi connectivity index (χ0n) is 13.3. The topological polar surface area (TPSA) is 74.6 Å². The quantitative estimate of drug-likeness (QED) is 0.858. The lowest BCUT2D eigenvalue weighted by molar-refractivity contribution is -0.125. The maximum Gasteiger partial charge on any atom is 0.321 e. The van der Waals surface area contributed by atoms with Gasteiger partial charge in [0.1, 0.15) is 11.8 Å². The van der Waals surface area contributed by atoms with E-state index < -0.39 is 12.1 Å². The molecular formula is C17H21N3O3. The number of imide groups is 1. The van der Waals surface area contributed by atoms with Gasteiger partial charge in [-0.3, -0.25) is 15.0 Å². The molecule has 2 rings (SSSR count). The Balaban J connectivity index is 2.17. The summed E-state index contributed by atoms with van der Waals surface area (Å²) in [5, 5.41) is 4.94. The number of furan rings is 1. The largest absolute Gasteiger partial charge is 0.468 e. The molecule has 0 saturated heterocycles. The maximum absolute atomic E-state index is 12.6. The van der Waals surface area contributed by atoms with Gasteiger partial charge in [0.05, 0.1) is 12.8 Å². The third-order valence-corrected chi connectivity index (χ3v) is 3.36. The van der Waals surface area contributed by atoms with Crippen LogP contribution in [0.25, 0.3) is 0 Å². The van der Waals surface area contributed by atoms with Crippen molar-refractivity contribution in [1.82, 2.24) is 15.5 Å². The molecule has 0 saturated carbocycles. The van der Waals surface area contributed by atoms with Crippen LogP contribution in [0.15, 0.2) is 53.1 Å². The van der Waals surface area contributed by atoms with Crippen LogP contribution < -0.4 is 10.6 Å². The first-order valence-corrected chi connectivity index (χ1v) is 7.48. The Morgan fingerprint density at radius 2 is 1.91 bits per heavy atom. The average Bonchev–Trinajstić information content (AvgIpc) is 3.01. The smallest absolute Gasteiger partial charge is 0.321 e. The number of hydrogen-bond acceptors (Lipinski definition) is 4. The summed E-state index contributed by atoms with van der Waals surface area (Å²) in [6.07, 6.45) is 1.59. The number of nitrogens with zero attached hydrogens (tertiary/aromatic N) is 1. The van der Waals surface area contributed by atoms with Gasteiger partial charge in [-0.25, -0.2) is 4.79 Å². The number of nitrogens with one attached hydrogen (secondary N) is 2. The minimum absolute atomic E-state index is 0.379. The number of benzene rings is 1. The van der Waals surface area contributed by atoms with E-state index in [9.17, 15) is 9.59 Å². The van der Waals surface area contributed by atoms with E-state index in [2.05, 4.69) is 10.6 Å². The monoisotopic (exact) mass is 315 g/mol. The highest BCUT2D eigenvalue weighted by Crippen LogP contribution is 2.21. The fourth-order valence-electron chi connectivity index (χ4n) is 2.37. The second-order valence-electron chi connectivity index (χ2n) is 5.16. The molecule has 1 heterocycles. The van der Waals surface area contributed by atoms with Crippen LogP contribution in [0.1, 0.15) is 24.3 Å². The molecule has 2 aromatic rings. The summed E-state index contributed by atoms with van der Waals surface area (Å²) >= 11 is 0. The Morgan fingerprint density at radius 1 is 1.17 bits per heavy atom. The molecule has 0 unspecified atom stereocenters. The average molecular weight is 315 g/mol. The molecule has 0 aliphatic rings. The van der Waals surface area contributed by atoms with E-state index in [0.717, 1.165) is 11.3 Å². The van der Waals surface area contributed by atoms with Gasteiger partial charge in [0.15, 0.2) is 0 Å². The molecule has 0 fully saturated rings. The molecule has 0 spiro atoms. The van der Waals surface area contributed by atoms with Crippen LogP contribution in [0, 0.1) is 0 Å². The molecule has 2 N–H and O–H groups in total. The molecule has 0 radical (unpaired) electrons. The van der Waals surface area contributed by atoms with Crippen molar-refractivity contribution in [2.75, 3.05) is 13.6 Å². The number of rotatable bonds is 6. The zero-order valence-corrected chi connectivity index (χ0v) is 13.3. The summed E-state index contributed by atoms with van der Waals surface area (Å²) in [6, 6.07) is 11.9. The van der Waals surface area contributed by atoms with Crippen LogP contribution in [0.4, 0.5) is 4.79 Å². The van der Waals surface area contributed by atoms with Gasteiger partial charge >= 0.3 is 6.03 Å². The summed E-state index contributed by atoms with van der Waals surface area (Å²) in [7, 11) is 1.82. The Bertz CT molecular complexity index is 626. The molecule has 0 aliphatic heterocycles. The fourth-order valence-corrected chi connectivity index (χ4v) is 2.37. The molecule has 122 valence electrons. The minimum atomic E-state index is -0.594. The van der Waals surface area contributed by atoms with Crippen molar-refractivity contribution in [3.63, 3.8) is 0 Å². The van der Waals surface area contributed by atoms with Gasteiger partial charge in [-0.05, 0) is 31.7 Å². The number of carbonyl (C=O) groups excluding carboxylic acids is 2. The van der Waals surface area contributed by atoms with Crippen LogP contribution in [0.5, 0.6) is 0 Å². The predicted octanol–water partition coefficient (Wildman–Crippen LogP) is 2.30. The number of hydrogen-bond donors (Lipinski definition) is 2. The van der Waals surface area contributed by atoms with Gasteiger partial charge in [0.2, 0.25) is 5.91 Å². The Hall–Kier alpha value is -2.60. The van der Waals surface area contributed by atoms with Gasteiger partial charge in [-0.1, -0.05) is 30.3 Å². The lowest BCUT2D eigenvalue weighted by Gasteiger charge is -2.26. The van der Waals surface area contributed by atoms with Crippen molar-refractivity contribution in [1.29, 1.82) is 0 Å². The first-order valence-electron chi connectivity index (χ1n) is 7.48. The fraction of sp³-hybridized carbons (Fsp3) is 0.294. The molecule has 0 bridgehead atoms. The van der Waals surface area contributed by atoms with Crippen molar-refractivity contribution in [2.45, 2.75) is 19.5 Å². The van der Waals surface area contributed by atoms with E-state index in [1.54, 1.807) is 19.3 Å². The van der Waals surface area contributed by atoms with Gasteiger partial charge in [0, 0.05) is 6.54 Å². The maximum atomic E-state index is 12.6. The molecule has 1 aromatic carbocycles. The second-order valence-corrected chi connectivity index (χ2v) is 5.16. The SMILES string of the molecule is CCNC(=O)NC(=O)[C@H](c1ccccc1)N(C)Cc1ccco1. The molecule has 0 aliphatic carbocycles. The second kappa shape index (κ2) is 8.14. The van der Waals surface area contributed by atoms with Gasteiger partial charge in [-0.15, -0.1) is 0 Å². The zero-order chi connectivity index (χ0) is 16.7. The van der Waals surface area contributed by atoms with Crippen LogP contribution in [-0.2, 0) is 11.3 Å². The van der Waals surface area contributed by atoms with Crippen molar-refractivity contribution in [2.24, 2.45) is 0 Å². The summed E-state index contributed by atoms with van der Waals surface area (Å²) in [5.41, 5.74) is 0.809. The van der Waals surface area contributed by atoms with Crippen LogP contribution in [-0.4, -0.2) is 30.4 Å². The molecule has 6 heteroatoms. The Kier molecular flexibility index (Phi) is 5.94. The molecule has 1 aromatic heterocycles. The number of urea groups is 1. The minimum Gasteiger partial charge on any atom is -0.468 e. The number of carbonyl (C=O) groups is 2. The first kappa shape index (κ1) is 16.8. The molecule has 1 atom stereocenters. The third kappa shape index (κ3) is 4.69. The summed E-state index contributed by atoms with van der Waals surface area (Å²) < 4.78 is 5.34. The highest BCUT2D eigenvalue weighted by molar-refractivity contribution is 5.97. The molecule has 6 nitrogen and oxygen atoms in total. The highest BCUT2D eigenvalue weighted by Gasteiger charge is 2.27. The lowest BCUT2D eigenvalue weighted by atomic mass is 10.0. The van der Waals surface area contributed by atoms with Crippen molar-refractivity contribution in [3.05, 3.63) is 60.1 Å². The highest BCUT2D eigenvalue weighted by atomic mass is 16.3. The first-order chi connectivity index (χ1) is 11.1. The summed E-state index contributed by atoms with van der Waals surface area (Å²) in [4.78, 5) is 26.0. The normalized spacial score (nSPS) is 12.0. The summed E-state index contributed by atoms with van der Waals surface area (Å²) in [6.45, 7) is 2.70. The predicted molar refractivity (Wildman–Crippen MR) is 86.6 cm³/mol. The van der Waals surface area contributed by atoms with E-state index in [4.69, 9.17) is 4.42 Å². The lowest BCUT2D eigenvalue weighted by Crippen LogP contribution is -2.45. The molecular weight excluding hydrogens is 294 g/mol. The van der Waals surface area contributed by atoms with E-state index in [0.29, 0.717) is 13.1 Å². The molecule has 3 amide bonds. The van der Waals surface area contributed by atoms with Crippen molar-refractivity contribution >= 4 is 11.9 Å².